The molecule has 1 aromatic rings. The number of rotatable bonds is 5. The van der Waals surface area contributed by atoms with Crippen molar-refractivity contribution in [2.45, 2.75) is 44.9 Å². The van der Waals surface area contributed by atoms with Crippen molar-refractivity contribution in [1.82, 2.24) is 0 Å². The van der Waals surface area contributed by atoms with Gasteiger partial charge in [-0.2, -0.15) is 0 Å². The van der Waals surface area contributed by atoms with Gasteiger partial charge in [0.15, 0.2) is 0 Å². The highest BCUT2D eigenvalue weighted by atomic mass is 35.5. The summed E-state index contributed by atoms with van der Waals surface area (Å²) in [6.07, 6.45) is 3.11. The van der Waals surface area contributed by atoms with Crippen LogP contribution < -0.4 is 0 Å². The normalized spacial score (nSPS) is 15.3. The zero-order chi connectivity index (χ0) is 11.3. The summed E-state index contributed by atoms with van der Waals surface area (Å²) in [5, 5.41) is 0. The Labute approximate surface area is 98.7 Å². The predicted molar refractivity (Wildman–Crippen MR) is 68.1 cm³/mol. The SMILES string of the molecule is CCCC(Cl)(C[C](C)C)c1ccccc1. The smallest absolute Gasteiger partial charge is 0.0700 e. The van der Waals surface area contributed by atoms with Gasteiger partial charge in [0.25, 0.3) is 0 Å². The second-order valence-electron chi connectivity index (χ2n) is 4.47. The lowest BCUT2D eigenvalue weighted by Crippen LogP contribution is -2.20. The van der Waals surface area contributed by atoms with Crippen molar-refractivity contribution in [3.8, 4) is 0 Å². The Morgan fingerprint density at radius 1 is 1.20 bits per heavy atom. The molecule has 1 aromatic carbocycles. The summed E-state index contributed by atoms with van der Waals surface area (Å²) < 4.78 is 0. The molecule has 0 saturated heterocycles. The molecule has 0 aliphatic carbocycles. The van der Waals surface area contributed by atoms with E-state index in [1.54, 1.807) is 0 Å². The molecule has 0 heterocycles. The summed E-state index contributed by atoms with van der Waals surface area (Å²) in [4.78, 5) is -0.200. The summed E-state index contributed by atoms with van der Waals surface area (Å²) in [6, 6.07) is 10.4. The van der Waals surface area contributed by atoms with Crippen LogP contribution in [0.1, 0.15) is 45.6 Å². The Bertz CT molecular complexity index is 279. The van der Waals surface area contributed by atoms with Gasteiger partial charge < -0.3 is 0 Å². The van der Waals surface area contributed by atoms with Crippen LogP contribution in [0, 0.1) is 5.92 Å². The Morgan fingerprint density at radius 2 is 1.80 bits per heavy atom. The molecule has 0 N–H and O–H groups in total. The fourth-order valence-corrected chi connectivity index (χ4v) is 2.61. The highest BCUT2D eigenvalue weighted by molar-refractivity contribution is 6.24. The average molecular weight is 224 g/mol. The van der Waals surface area contributed by atoms with Crippen molar-refractivity contribution in [1.29, 1.82) is 0 Å². The van der Waals surface area contributed by atoms with E-state index in [0.29, 0.717) is 0 Å². The van der Waals surface area contributed by atoms with E-state index in [9.17, 15) is 0 Å². The minimum absolute atomic E-state index is 0.200. The number of alkyl halides is 1. The van der Waals surface area contributed by atoms with Crippen molar-refractivity contribution in [3.63, 3.8) is 0 Å². The van der Waals surface area contributed by atoms with Crippen LogP contribution in [-0.4, -0.2) is 0 Å². The highest BCUT2D eigenvalue weighted by Crippen LogP contribution is 2.40. The van der Waals surface area contributed by atoms with E-state index >= 15 is 0 Å². The van der Waals surface area contributed by atoms with E-state index in [4.69, 9.17) is 11.6 Å². The maximum absolute atomic E-state index is 6.74. The second kappa shape index (κ2) is 5.55. The van der Waals surface area contributed by atoms with E-state index in [0.717, 1.165) is 19.3 Å². The fraction of sp³-hybridized carbons (Fsp3) is 0.500. The zero-order valence-electron chi connectivity index (χ0n) is 9.89. The van der Waals surface area contributed by atoms with E-state index in [1.807, 2.05) is 6.07 Å². The lowest BCUT2D eigenvalue weighted by Gasteiger charge is -2.29. The summed E-state index contributed by atoms with van der Waals surface area (Å²) >= 11 is 6.74. The highest BCUT2D eigenvalue weighted by Gasteiger charge is 2.29. The molecule has 0 amide bonds. The van der Waals surface area contributed by atoms with Gasteiger partial charge in [0, 0.05) is 0 Å². The lowest BCUT2D eigenvalue weighted by atomic mass is 9.86. The summed E-state index contributed by atoms with van der Waals surface area (Å²) in [6.45, 7) is 6.48. The number of hydrogen-bond acceptors (Lipinski definition) is 0. The van der Waals surface area contributed by atoms with Gasteiger partial charge in [0.05, 0.1) is 4.87 Å². The molecule has 0 nitrogen and oxygen atoms in total. The third-order valence-electron chi connectivity index (χ3n) is 2.57. The van der Waals surface area contributed by atoms with Crippen LogP contribution in [0.5, 0.6) is 0 Å². The van der Waals surface area contributed by atoms with Crippen LogP contribution in [0.2, 0.25) is 0 Å². The minimum Gasteiger partial charge on any atom is -0.114 e. The van der Waals surface area contributed by atoms with E-state index in [-0.39, 0.29) is 4.87 Å². The molecule has 0 aromatic heterocycles. The van der Waals surface area contributed by atoms with Gasteiger partial charge >= 0.3 is 0 Å². The van der Waals surface area contributed by atoms with Crippen molar-refractivity contribution >= 4 is 11.6 Å². The van der Waals surface area contributed by atoms with Gasteiger partial charge in [-0.1, -0.05) is 57.5 Å². The molecule has 1 radical (unpaired) electrons. The van der Waals surface area contributed by atoms with Crippen LogP contribution in [0.4, 0.5) is 0 Å². The van der Waals surface area contributed by atoms with Gasteiger partial charge in [-0.15, -0.1) is 11.6 Å². The maximum atomic E-state index is 6.74. The molecule has 1 heteroatoms. The molecular formula is C14H20Cl. The molecule has 1 rings (SSSR count). The van der Waals surface area contributed by atoms with E-state index in [2.05, 4.69) is 45.0 Å². The minimum atomic E-state index is -0.200. The van der Waals surface area contributed by atoms with Gasteiger partial charge in [-0.3, -0.25) is 0 Å². The lowest BCUT2D eigenvalue weighted by molar-refractivity contribution is 0.516. The van der Waals surface area contributed by atoms with Gasteiger partial charge in [-0.05, 0) is 24.3 Å². The fourth-order valence-electron chi connectivity index (χ4n) is 2.03. The quantitative estimate of drug-likeness (QED) is 0.622. The molecule has 0 fully saturated rings. The molecule has 1 atom stereocenters. The largest absolute Gasteiger partial charge is 0.114 e. The Hall–Kier alpha value is -0.490. The molecule has 15 heavy (non-hydrogen) atoms. The molecule has 0 bridgehead atoms. The summed E-state index contributed by atoms with van der Waals surface area (Å²) in [5.41, 5.74) is 1.25. The molecule has 83 valence electrons. The van der Waals surface area contributed by atoms with Crippen LogP contribution >= 0.6 is 11.6 Å². The van der Waals surface area contributed by atoms with Gasteiger partial charge in [0.2, 0.25) is 0 Å². The molecular weight excluding hydrogens is 204 g/mol. The third kappa shape index (κ3) is 3.53. The Balaban J connectivity index is 2.90. The van der Waals surface area contributed by atoms with E-state index < -0.39 is 0 Å². The average Bonchev–Trinajstić information content (AvgIpc) is 2.18. The summed E-state index contributed by atoms with van der Waals surface area (Å²) in [5.74, 6) is 1.39. The van der Waals surface area contributed by atoms with Crippen LogP contribution in [0.15, 0.2) is 30.3 Å². The second-order valence-corrected chi connectivity index (χ2v) is 5.19. The molecule has 0 spiro atoms. The maximum Gasteiger partial charge on any atom is 0.0700 e. The molecule has 0 aliphatic rings. The number of benzene rings is 1. The van der Waals surface area contributed by atoms with Crippen LogP contribution in [0.25, 0.3) is 0 Å². The van der Waals surface area contributed by atoms with Gasteiger partial charge in [0.1, 0.15) is 0 Å². The molecule has 0 saturated carbocycles. The standard InChI is InChI=1S/C14H20Cl/c1-4-10-14(15,11-12(2)3)13-8-6-5-7-9-13/h5-9H,4,10-11H2,1-3H3. The zero-order valence-corrected chi connectivity index (χ0v) is 10.6. The number of halogens is 1. The first kappa shape index (κ1) is 12.6. The van der Waals surface area contributed by atoms with E-state index in [1.165, 1.54) is 11.5 Å². The predicted octanol–water partition coefficient (Wildman–Crippen LogP) is 4.93. The molecule has 1 unspecified atom stereocenters. The summed E-state index contributed by atoms with van der Waals surface area (Å²) in [7, 11) is 0. The van der Waals surface area contributed by atoms with Crippen LogP contribution in [0.3, 0.4) is 0 Å². The van der Waals surface area contributed by atoms with Gasteiger partial charge in [-0.25, -0.2) is 0 Å². The van der Waals surface area contributed by atoms with Crippen molar-refractivity contribution in [2.24, 2.45) is 0 Å². The number of hydrogen-bond donors (Lipinski definition) is 0. The first-order chi connectivity index (χ1) is 7.08. The Morgan fingerprint density at radius 3 is 2.27 bits per heavy atom. The third-order valence-corrected chi connectivity index (χ3v) is 3.11. The van der Waals surface area contributed by atoms with Crippen LogP contribution in [-0.2, 0) is 4.87 Å². The van der Waals surface area contributed by atoms with Crippen molar-refractivity contribution in [2.75, 3.05) is 0 Å². The Kier molecular flexibility index (Phi) is 4.66. The first-order valence-electron chi connectivity index (χ1n) is 5.62. The molecule has 0 aliphatic heterocycles. The topological polar surface area (TPSA) is 0 Å². The van der Waals surface area contributed by atoms with Crippen molar-refractivity contribution in [3.05, 3.63) is 41.8 Å². The van der Waals surface area contributed by atoms with Crippen molar-refractivity contribution < 1.29 is 0 Å². The monoisotopic (exact) mass is 223 g/mol. The first-order valence-corrected chi connectivity index (χ1v) is 6.00.